The van der Waals surface area contributed by atoms with Gasteiger partial charge in [-0.1, -0.05) is 13.8 Å². The quantitative estimate of drug-likeness (QED) is 0.823. The first kappa shape index (κ1) is 16.1. The number of rotatable bonds is 7. The lowest BCUT2D eigenvalue weighted by atomic mass is 10.0. The van der Waals surface area contributed by atoms with Crippen molar-refractivity contribution in [2.45, 2.75) is 39.3 Å². The van der Waals surface area contributed by atoms with E-state index in [1.807, 2.05) is 7.05 Å². The van der Waals surface area contributed by atoms with Gasteiger partial charge in [0.15, 0.2) is 0 Å². The maximum atomic E-state index is 12.9. The number of nitrogens with zero attached hydrogens (tertiary/aromatic N) is 2. The van der Waals surface area contributed by atoms with E-state index < -0.39 is 0 Å². The highest BCUT2D eigenvalue weighted by Crippen LogP contribution is 2.16. The molecular weight excluding hydrogens is 241 g/mol. The fraction of sp³-hybridized carbons (Fsp3) is 0.667. The van der Waals surface area contributed by atoms with E-state index in [9.17, 15) is 4.39 Å². The van der Waals surface area contributed by atoms with Crippen LogP contribution in [0.3, 0.4) is 0 Å². The average Bonchev–Trinajstić information content (AvgIpc) is 2.40. The summed E-state index contributed by atoms with van der Waals surface area (Å²) in [5, 5.41) is 3.25. The summed E-state index contributed by atoms with van der Waals surface area (Å²) < 4.78 is 12.9. The second-order valence-corrected chi connectivity index (χ2v) is 5.50. The molecule has 3 nitrogen and oxygen atoms in total. The predicted octanol–water partition coefficient (Wildman–Crippen LogP) is 2.85. The van der Waals surface area contributed by atoms with Gasteiger partial charge in [-0.3, -0.25) is 4.98 Å². The van der Waals surface area contributed by atoms with Gasteiger partial charge in [0.25, 0.3) is 0 Å². The molecule has 108 valence electrons. The Labute approximate surface area is 116 Å². The Kier molecular flexibility index (Phi) is 6.38. The van der Waals surface area contributed by atoms with Crippen LogP contribution >= 0.6 is 0 Å². The molecule has 2 unspecified atom stereocenters. The lowest BCUT2D eigenvalue weighted by Gasteiger charge is -2.29. The van der Waals surface area contributed by atoms with Crippen molar-refractivity contribution < 1.29 is 4.39 Å². The van der Waals surface area contributed by atoms with Crippen LogP contribution in [-0.2, 0) is 0 Å². The number of hydrogen-bond donors (Lipinski definition) is 1. The lowest BCUT2D eigenvalue weighted by molar-refractivity contribution is 0.199. The Bertz CT molecular complexity index is 364. The van der Waals surface area contributed by atoms with Gasteiger partial charge in [0, 0.05) is 6.04 Å². The van der Waals surface area contributed by atoms with Gasteiger partial charge in [-0.15, -0.1) is 0 Å². The first-order valence-electron chi connectivity index (χ1n) is 6.94. The summed E-state index contributed by atoms with van der Waals surface area (Å²) >= 11 is 0. The van der Waals surface area contributed by atoms with Crippen molar-refractivity contribution in [3.63, 3.8) is 0 Å². The Morgan fingerprint density at radius 1 is 1.32 bits per heavy atom. The van der Waals surface area contributed by atoms with Crippen molar-refractivity contribution in [1.29, 1.82) is 0 Å². The van der Waals surface area contributed by atoms with E-state index in [4.69, 9.17) is 0 Å². The van der Waals surface area contributed by atoms with Crippen LogP contribution in [0, 0.1) is 11.7 Å². The third-order valence-corrected chi connectivity index (χ3v) is 3.89. The number of halogens is 1. The van der Waals surface area contributed by atoms with Crippen molar-refractivity contribution in [1.82, 2.24) is 15.2 Å². The fourth-order valence-electron chi connectivity index (χ4n) is 2.08. The molecule has 0 saturated heterocycles. The molecule has 1 aromatic rings. The molecule has 0 saturated carbocycles. The Morgan fingerprint density at radius 3 is 2.47 bits per heavy atom. The molecule has 1 N–H and O–H groups in total. The zero-order valence-corrected chi connectivity index (χ0v) is 12.7. The van der Waals surface area contributed by atoms with Gasteiger partial charge < -0.3 is 10.2 Å². The molecule has 1 rings (SSSR count). The van der Waals surface area contributed by atoms with Crippen LogP contribution in [0.1, 0.15) is 38.9 Å². The van der Waals surface area contributed by atoms with Crippen molar-refractivity contribution in [3.8, 4) is 0 Å². The Hall–Kier alpha value is -1.00. The first-order valence-corrected chi connectivity index (χ1v) is 6.94. The molecule has 0 aliphatic rings. The maximum Gasteiger partial charge on any atom is 0.141 e. The molecule has 0 aromatic carbocycles. The summed E-state index contributed by atoms with van der Waals surface area (Å²) in [6, 6.07) is 3.94. The highest BCUT2D eigenvalue weighted by atomic mass is 19.1. The van der Waals surface area contributed by atoms with E-state index in [2.05, 4.69) is 43.0 Å². The minimum Gasteiger partial charge on any atom is -0.312 e. The van der Waals surface area contributed by atoms with E-state index in [1.165, 1.54) is 12.3 Å². The van der Waals surface area contributed by atoms with Gasteiger partial charge in [-0.2, -0.15) is 0 Å². The predicted molar refractivity (Wildman–Crippen MR) is 77.5 cm³/mol. The van der Waals surface area contributed by atoms with E-state index in [-0.39, 0.29) is 11.9 Å². The van der Waals surface area contributed by atoms with Gasteiger partial charge in [-0.05, 0) is 52.0 Å². The summed E-state index contributed by atoms with van der Waals surface area (Å²) in [6.45, 7) is 7.70. The number of nitrogens with one attached hydrogen (secondary N) is 1. The number of aromatic nitrogens is 1. The average molecular weight is 267 g/mol. The van der Waals surface area contributed by atoms with Crippen LogP contribution in [0.4, 0.5) is 4.39 Å². The van der Waals surface area contributed by atoms with E-state index >= 15 is 0 Å². The highest BCUT2D eigenvalue weighted by Gasteiger charge is 2.16. The summed E-state index contributed by atoms with van der Waals surface area (Å²) in [7, 11) is 4.07. The van der Waals surface area contributed by atoms with E-state index in [0.717, 1.165) is 18.7 Å². The molecule has 1 aromatic heterocycles. The Morgan fingerprint density at radius 2 is 2.00 bits per heavy atom. The van der Waals surface area contributed by atoms with Gasteiger partial charge in [0.2, 0.25) is 0 Å². The molecule has 2 atom stereocenters. The molecule has 0 bridgehead atoms. The zero-order chi connectivity index (χ0) is 14.4. The molecule has 0 radical (unpaired) electrons. The van der Waals surface area contributed by atoms with Gasteiger partial charge >= 0.3 is 0 Å². The Balaban J connectivity index is 2.56. The molecule has 0 fully saturated rings. The zero-order valence-electron chi connectivity index (χ0n) is 12.7. The van der Waals surface area contributed by atoms with Crippen LogP contribution in [0.25, 0.3) is 0 Å². The van der Waals surface area contributed by atoms with E-state index in [0.29, 0.717) is 12.0 Å². The third-order valence-electron chi connectivity index (χ3n) is 3.89. The molecule has 0 aliphatic carbocycles. The third kappa shape index (κ3) is 4.88. The normalized spacial score (nSPS) is 14.9. The SMILES string of the molecule is CNC(CCN(C)C(C)C(C)C)c1ccc(F)cn1. The van der Waals surface area contributed by atoms with Crippen molar-refractivity contribution in [2.24, 2.45) is 5.92 Å². The second kappa shape index (κ2) is 7.56. The summed E-state index contributed by atoms with van der Waals surface area (Å²) in [5.74, 6) is 0.353. The van der Waals surface area contributed by atoms with Crippen LogP contribution in [-0.4, -0.2) is 36.6 Å². The van der Waals surface area contributed by atoms with E-state index in [1.54, 1.807) is 6.07 Å². The second-order valence-electron chi connectivity index (χ2n) is 5.50. The van der Waals surface area contributed by atoms with Crippen LogP contribution in [0.15, 0.2) is 18.3 Å². The minimum atomic E-state index is -0.288. The van der Waals surface area contributed by atoms with Crippen LogP contribution in [0.5, 0.6) is 0 Å². The van der Waals surface area contributed by atoms with Crippen molar-refractivity contribution in [3.05, 3.63) is 29.8 Å². The number of pyridine rings is 1. The molecule has 0 spiro atoms. The first-order chi connectivity index (χ1) is 8.95. The largest absolute Gasteiger partial charge is 0.312 e. The summed E-state index contributed by atoms with van der Waals surface area (Å²) in [5.41, 5.74) is 0.898. The lowest BCUT2D eigenvalue weighted by Crippen LogP contribution is -2.35. The van der Waals surface area contributed by atoms with Crippen LogP contribution in [0.2, 0.25) is 0 Å². The summed E-state index contributed by atoms with van der Waals surface area (Å²) in [4.78, 5) is 6.51. The standard InChI is InChI=1S/C15H26FN3/c1-11(2)12(3)19(5)9-8-14(17-4)15-7-6-13(16)10-18-15/h6-7,10-12,14,17H,8-9H2,1-5H3. The monoisotopic (exact) mass is 267 g/mol. The number of hydrogen-bond acceptors (Lipinski definition) is 3. The topological polar surface area (TPSA) is 28.2 Å². The molecule has 0 amide bonds. The summed E-state index contributed by atoms with van der Waals surface area (Å²) in [6.07, 6.45) is 2.24. The molecular formula is C15H26FN3. The maximum absolute atomic E-state index is 12.9. The smallest absolute Gasteiger partial charge is 0.141 e. The van der Waals surface area contributed by atoms with Gasteiger partial charge in [0.1, 0.15) is 5.82 Å². The molecule has 1 heterocycles. The molecule has 0 aliphatic heterocycles. The molecule has 19 heavy (non-hydrogen) atoms. The van der Waals surface area contributed by atoms with Crippen LogP contribution < -0.4 is 5.32 Å². The minimum absolute atomic E-state index is 0.169. The fourth-order valence-corrected chi connectivity index (χ4v) is 2.08. The van der Waals surface area contributed by atoms with Gasteiger partial charge in [0.05, 0.1) is 17.9 Å². The van der Waals surface area contributed by atoms with Gasteiger partial charge in [-0.25, -0.2) is 4.39 Å². The highest BCUT2D eigenvalue weighted by molar-refractivity contribution is 5.09. The van der Waals surface area contributed by atoms with Crippen molar-refractivity contribution in [2.75, 3.05) is 20.6 Å². The molecule has 4 heteroatoms. The van der Waals surface area contributed by atoms with Crippen molar-refractivity contribution >= 4 is 0 Å².